The summed E-state index contributed by atoms with van der Waals surface area (Å²) in [6.45, 7) is 0. The molecule has 0 aromatic heterocycles. The Balaban J connectivity index is 2.67. The first-order valence-corrected chi connectivity index (χ1v) is 4.42. The van der Waals surface area contributed by atoms with E-state index >= 15 is 0 Å². The first kappa shape index (κ1) is 10.0. The summed E-state index contributed by atoms with van der Waals surface area (Å²) < 4.78 is 37.8. The van der Waals surface area contributed by atoms with Crippen LogP contribution in [0.4, 0.5) is 18.9 Å². The Bertz CT molecular complexity index is 437. The second kappa shape index (κ2) is 2.98. The van der Waals surface area contributed by atoms with Crippen LogP contribution < -0.4 is 5.73 Å². The quantitative estimate of drug-likeness (QED) is 0.675. The van der Waals surface area contributed by atoms with E-state index in [1.54, 1.807) is 0 Å². The number of ketones is 1. The first-order chi connectivity index (χ1) is 6.89. The molecule has 0 fully saturated rings. The first-order valence-electron chi connectivity index (χ1n) is 4.42. The fraction of sp³-hybridized carbons (Fsp3) is 0.300. The van der Waals surface area contributed by atoms with Gasteiger partial charge >= 0.3 is 6.18 Å². The molecule has 15 heavy (non-hydrogen) atoms. The van der Waals surface area contributed by atoms with Crippen LogP contribution in [-0.2, 0) is 12.6 Å². The number of anilines is 1. The van der Waals surface area contributed by atoms with E-state index in [1.807, 2.05) is 0 Å². The third-order valence-corrected chi connectivity index (χ3v) is 2.48. The molecule has 0 heterocycles. The number of carbonyl (C=O) groups is 1. The molecule has 1 aliphatic rings. The lowest BCUT2D eigenvalue weighted by Crippen LogP contribution is -2.10. The summed E-state index contributed by atoms with van der Waals surface area (Å²) in [5, 5.41) is 0. The van der Waals surface area contributed by atoms with Gasteiger partial charge in [0, 0.05) is 17.7 Å². The summed E-state index contributed by atoms with van der Waals surface area (Å²) in [6.07, 6.45) is -4.14. The van der Waals surface area contributed by atoms with Gasteiger partial charge in [-0.3, -0.25) is 4.79 Å². The highest BCUT2D eigenvalue weighted by atomic mass is 19.4. The van der Waals surface area contributed by atoms with Crippen LogP contribution in [0, 0.1) is 0 Å². The average molecular weight is 215 g/mol. The van der Waals surface area contributed by atoms with Gasteiger partial charge in [0.05, 0.1) is 5.56 Å². The van der Waals surface area contributed by atoms with Crippen molar-refractivity contribution in [1.82, 2.24) is 0 Å². The predicted molar refractivity (Wildman–Crippen MR) is 48.5 cm³/mol. The van der Waals surface area contributed by atoms with E-state index in [-0.39, 0.29) is 35.4 Å². The van der Waals surface area contributed by atoms with Crippen LogP contribution in [0.15, 0.2) is 12.1 Å². The summed E-state index contributed by atoms with van der Waals surface area (Å²) in [5.74, 6) is -0.261. The summed E-state index contributed by atoms with van der Waals surface area (Å²) in [6, 6.07) is 2.21. The predicted octanol–water partition coefficient (Wildman–Crippen LogP) is 2.42. The molecule has 2 nitrogen and oxygen atoms in total. The van der Waals surface area contributed by atoms with Crippen molar-refractivity contribution in [3.8, 4) is 0 Å². The standard InChI is InChI=1S/C10H8F3NO/c11-10(12,13)8-4-5(14)3-7-6(8)1-2-9(7)15/h3-4H,1-2,14H2. The van der Waals surface area contributed by atoms with Gasteiger partial charge in [0.2, 0.25) is 0 Å². The molecule has 0 saturated heterocycles. The number of hydrogen-bond acceptors (Lipinski definition) is 2. The van der Waals surface area contributed by atoms with Gasteiger partial charge in [-0.05, 0) is 24.1 Å². The maximum absolute atomic E-state index is 12.6. The van der Waals surface area contributed by atoms with Crippen molar-refractivity contribution in [3.63, 3.8) is 0 Å². The number of halogens is 3. The SMILES string of the molecule is Nc1cc2c(c(C(F)(F)F)c1)CCC2=O. The van der Waals surface area contributed by atoms with Crippen LogP contribution in [0.2, 0.25) is 0 Å². The molecule has 1 aliphatic carbocycles. The van der Waals surface area contributed by atoms with Crippen LogP contribution >= 0.6 is 0 Å². The number of hydrogen-bond donors (Lipinski definition) is 1. The van der Waals surface area contributed by atoms with Crippen molar-refractivity contribution in [1.29, 1.82) is 0 Å². The third kappa shape index (κ3) is 1.58. The van der Waals surface area contributed by atoms with E-state index in [1.165, 1.54) is 6.07 Å². The molecule has 0 saturated carbocycles. The summed E-state index contributed by atoms with van der Waals surface area (Å²) >= 11 is 0. The van der Waals surface area contributed by atoms with Crippen molar-refractivity contribution < 1.29 is 18.0 Å². The average Bonchev–Trinajstić information content (AvgIpc) is 2.45. The van der Waals surface area contributed by atoms with Crippen molar-refractivity contribution in [2.75, 3.05) is 5.73 Å². The molecule has 2 N–H and O–H groups in total. The minimum atomic E-state index is -4.44. The molecule has 0 aliphatic heterocycles. The van der Waals surface area contributed by atoms with Gasteiger partial charge in [0.25, 0.3) is 0 Å². The number of carbonyl (C=O) groups excluding carboxylic acids is 1. The zero-order valence-corrected chi connectivity index (χ0v) is 7.69. The molecular formula is C10H8F3NO. The van der Waals surface area contributed by atoms with E-state index in [9.17, 15) is 18.0 Å². The molecule has 0 bridgehead atoms. The maximum atomic E-state index is 12.6. The maximum Gasteiger partial charge on any atom is 0.416 e. The number of fused-ring (bicyclic) bond motifs is 1. The van der Waals surface area contributed by atoms with E-state index in [2.05, 4.69) is 0 Å². The summed E-state index contributed by atoms with van der Waals surface area (Å²) in [5.41, 5.74) is 4.76. The van der Waals surface area contributed by atoms with Crippen molar-refractivity contribution in [2.24, 2.45) is 0 Å². The fourth-order valence-corrected chi connectivity index (χ4v) is 1.84. The smallest absolute Gasteiger partial charge is 0.399 e. The molecule has 1 aromatic rings. The highest BCUT2D eigenvalue weighted by molar-refractivity contribution is 6.01. The van der Waals surface area contributed by atoms with Crippen LogP contribution in [0.1, 0.15) is 27.9 Å². The van der Waals surface area contributed by atoms with Gasteiger partial charge in [0.1, 0.15) is 0 Å². The van der Waals surface area contributed by atoms with Crippen LogP contribution in [0.3, 0.4) is 0 Å². The summed E-state index contributed by atoms with van der Waals surface area (Å²) in [7, 11) is 0. The largest absolute Gasteiger partial charge is 0.416 e. The van der Waals surface area contributed by atoms with Gasteiger partial charge in [-0.25, -0.2) is 0 Å². The molecule has 0 spiro atoms. The molecule has 0 amide bonds. The van der Waals surface area contributed by atoms with Crippen LogP contribution in [0.25, 0.3) is 0 Å². The van der Waals surface area contributed by atoms with Crippen LogP contribution in [0.5, 0.6) is 0 Å². The van der Waals surface area contributed by atoms with Crippen LogP contribution in [-0.4, -0.2) is 5.78 Å². The topological polar surface area (TPSA) is 43.1 Å². The second-order valence-electron chi connectivity index (χ2n) is 3.52. The number of alkyl halides is 3. The lowest BCUT2D eigenvalue weighted by molar-refractivity contribution is -0.138. The molecule has 2 rings (SSSR count). The van der Waals surface area contributed by atoms with Gasteiger partial charge in [-0.2, -0.15) is 13.2 Å². The van der Waals surface area contributed by atoms with Gasteiger partial charge < -0.3 is 5.73 Å². The van der Waals surface area contributed by atoms with Crippen molar-refractivity contribution >= 4 is 11.5 Å². The third-order valence-electron chi connectivity index (χ3n) is 2.48. The molecule has 1 aromatic carbocycles. The molecular weight excluding hydrogens is 207 g/mol. The van der Waals surface area contributed by atoms with E-state index in [4.69, 9.17) is 5.73 Å². The molecule has 0 unspecified atom stereocenters. The molecule has 80 valence electrons. The summed E-state index contributed by atoms with van der Waals surface area (Å²) in [4.78, 5) is 11.3. The molecule has 0 atom stereocenters. The number of nitrogen functional groups attached to an aromatic ring is 1. The van der Waals surface area contributed by atoms with E-state index in [0.29, 0.717) is 0 Å². The fourth-order valence-electron chi connectivity index (χ4n) is 1.84. The van der Waals surface area contributed by atoms with Gasteiger partial charge in [0.15, 0.2) is 5.78 Å². The molecule has 5 heteroatoms. The minimum absolute atomic E-state index is 0.0173. The second-order valence-corrected chi connectivity index (χ2v) is 3.52. The lowest BCUT2D eigenvalue weighted by Gasteiger charge is -2.12. The number of Topliss-reactive ketones (excluding diaryl/α,β-unsaturated/α-hetero) is 1. The number of nitrogens with two attached hydrogens (primary N) is 1. The van der Waals surface area contributed by atoms with Crippen molar-refractivity contribution in [3.05, 3.63) is 28.8 Å². The van der Waals surface area contributed by atoms with Gasteiger partial charge in [-0.1, -0.05) is 0 Å². The number of benzene rings is 1. The Morgan fingerprint density at radius 1 is 1.20 bits per heavy atom. The zero-order chi connectivity index (χ0) is 11.2. The Labute approximate surface area is 83.9 Å². The number of rotatable bonds is 0. The van der Waals surface area contributed by atoms with E-state index < -0.39 is 11.7 Å². The lowest BCUT2D eigenvalue weighted by atomic mass is 10.0. The highest BCUT2D eigenvalue weighted by Gasteiger charge is 2.37. The Hall–Kier alpha value is -1.52. The normalized spacial score (nSPS) is 15.5. The Morgan fingerprint density at radius 2 is 1.87 bits per heavy atom. The minimum Gasteiger partial charge on any atom is -0.399 e. The molecule has 0 radical (unpaired) electrons. The Kier molecular flexibility index (Phi) is 1.99. The Morgan fingerprint density at radius 3 is 2.47 bits per heavy atom. The highest BCUT2D eigenvalue weighted by Crippen LogP contribution is 2.38. The van der Waals surface area contributed by atoms with E-state index in [0.717, 1.165) is 6.07 Å². The zero-order valence-electron chi connectivity index (χ0n) is 7.69. The monoisotopic (exact) mass is 215 g/mol. The van der Waals surface area contributed by atoms with Crippen molar-refractivity contribution in [2.45, 2.75) is 19.0 Å². The van der Waals surface area contributed by atoms with Gasteiger partial charge in [-0.15, -0.1) is 0 Å².